The second kappa shape index (κ2) is 4.22. The Morgan fingerprint density at radius 3 is 2.67 bits per heavy atom. The lowest BCUT2D eigenvalue weighted by Crippen LogP contribution is -2.10. The molecule has 6 heteroatoms. The number of hydrogen-bond acceptors (Lipinski definition) is 4. The Labute approximate surface area is 93.7 Å². The molecule has 0 saturated carbocycles. The first-order valence-corrected chi connectivity index (χ1v) is 4.98. The molecule has 15 heavy (non-hydrogen) atoms. The van der Waals surface area contributed by atoms with Crippen molar-refractivity contribution >= 4 is 27.6 Å². The topological polar surface area (TPSA) is 70.7 Å². The van der Waals surface area contributed by atoms with E-state index in [2.05, 4.69) is 36.4 Å². The fraction of sp³-hybridized carbons (Fsp3) is 0. The van der Waals surface area contributed by atoms with Crippen LogP contribution in [0.1, 0.15) is 0 Å². The minimum absolute atomic E-state index is 0.287. The standard InChI is InChI=1S/C9H7BrN4O/c10-6-1-3-7(4-2-6)12-9-13-8(15)5-11-14-9/h1-5H,(H2,12,13,14,15). The molecule has 2 aromatic rings. The Kier molecular flexibility index (Phi) is 2.77. The summed E-state index contributed by atoms with van der Waals surface area (Å²) in [6.45, 7) is 0. The average Bonchev–Trinajstić information content (AvgIpc) is 2.22. The van der Waals surface area contributed by atoms with E-state index in [4.69, 9.17) is 0 Å². The minimum atomic E-state index is -0.287. The van der Waals surface area contributed by atoms with Crippen molar-refractivity contribution in [2.75, 3.05) is 5.32 Å². The molecule has 0 atom stereocenters. The molecule has 2 rings (SSSR count). The predicted molar refractivity (Wildman–Crippen MR) is 60.1 cm³/mol. The maximum absolute atomic E-state index is 10.9. The van der Waals surface area contributed by atoms with Gasteiger partial charge in [0, 0.05) is 10.2 Å². The smallest absolute Gasteiger partial charge is 0.271 e. The van der Waals surface area contributed by atoms with E-state index in [0.29, 0.717) is 5.95 Å². The zero-order valence-corrected chi connectivity index (χ0v) is 9.15. The lowest BCUT2D eigenvalue weighted by Gasteiger charge is -2.03. The molecule has 0 bridgehead atoms. The van der Waals surface area contributed by atoms with Crippen LogP contribution in [0.4, 0.5) is 11.6 Å². The van der Waals surface area contributed by atoms with Gasteiger partial charge in [0.1, 0.15) is 6.20 Å². The number of rotatable bonds is 2. The van der Waals surface area contributed by atoms with Crippen molar-refractivity contribution < 1.29 is 0 Å². The van der Waals surface area contributed by atoms with Crippen molar-refractivity contribution in [3.63, 3.8) is 0 Å². The molecule has 0 aliphatic carbocycles. The molecule has 0 spiro atoms. The maximum atomic E-state index is 10.9. The van der Waals surface area contributed by atoms with E-state index in [0.717, 1.165) is 16.4 Å². The number of hydrogen-bond donors (Lipinski definition) is 2. The van der Waals surface area contributed by atoms with Crippen molar-refractivity contribution in [2.24, 2.45) is 0 Å². The van der Waals surface area contributed by atoms with Crippen molar-refractivity contribution in [3.8, 4) is 0 Å². The third kappa shape index (κ3) is 2.63. The normalized spacial score (nSPS) is 9.93. The first-order chi connectivity index (χ1) is 7.24. The number of aromatic amines is 1. The summed E-state index contributed by atoms with van der Waals surface area (Å²) in [5.74, 6) is 0.324. The van der Waals surface area contributed by atoms with Gasteiger partial charge in [0.2, 0.25) is 5.95 Å². The van der Waals surface area contributed by atoms with Gasteiger partial charge in [-0.05, 0) is 24.3 Å². The van der Waals surface area contributed by atoms with E-state index in [1.165, 1.54) is 0 Å². The molecule has 0 aliphatic rings. The molecule has 1 aromatic heterocycles. The van der Waals surface area contributed by atoms with Gasteiger partial charge in [-0.1, -0.05) is 15.9 Å². The number of benzene rings is 1. The van der Waals surface area contributed by atoms with Gasteiger partial charge in [0.25, 0.3) is 5.56 Å². The molecule has 2 N–H and O–H groups in total. The van der Waals surface area contributed by atoms with Gasteiger partial charge >= 0.3 is 0 Å². The van der Waals surface area contributed by atoms with Gasteiger partial charge < -0.3 is 5.32 Å². The summed E-state index contributed by atoms with van der Waals surface area (Å²) >= 11 is 3.33. The fourth-order valence-electron chi connectivity index (χ4n) is 1.04. The van der Waals surface area contributed by atoms with Crippen LogP contribution in [0.25, 0.3) is 0 Å². The largest absolute Gasteiger partial charge is 0.324 e. The molecular weight excluding hydrogens is 260 g/mol. The quantitative estimate of drug-likeness (QED) is 0.868. The molecule has 0 fully saturated rings. The molecule has 0 radical (unpaired) electrons. The van der Waals surface area contributed by atoms with Crippen molar-refractivity contribution in [2.45, 2.75) is 0 Å². The molecule has 0 aliphatic heterocycles. The number of aromatic nitrogens is 3. The van der Waals surface area contributed by atoms with Crippen LogP contribution < -0.4 is 10.9 Å². The monoisotopic (exact) mass is 266 g/mol. The van der Waals surface area contributed by atoms with Gasteiger partial charge in [0.05, 0.1) is 0 Å². The van der Waals surface area contributed by atoms with E-state index in [-0.39, 0.29) is 5.56 Å². The average molecular weight is 267 g/mol. The van der Waals surface area contributed by atoms with Gasteiger partial charge in [-0.3, -0.25) is 9.78 Å². The number of H-pyrrole nitrogens is 1. The van der Waals surface area contributed by atoms with Gasteiger partial charge in [0.15, 0.2) is 0 Å². The minimum Gasteiger partial charge on any atom is -0.324 e. The Hall–Kier alpha value is -1.69. The summed E-state index contributed by atoms with van der Waals surface area (Å²) in [6.07, 6.45) is 1.12. The highest BCUT2D eigenvalue weighted by atomic mass is 79.9. The molecule has 5 nitrogen and oxygen atoms in total. The molecule has 1 aromatic carbocycles. The van der Waals surface area contributed by atoms with E-state index < -0.39 is 0 Å². The predicted octanol–water partition coefficient (Wildman–Crippen LogP) is 1.67. The Morgan fingerprint density at radius 2 is 2.00 bits per heavy atom. The van der Waals surface area contributed by atoms with Gasteiger partial charge in [-0.15, -0.1) is 10.2 Å². The Bertz CT molecular complexity index is 508. The van der Waals surface area contributed by atoms with Crippen molar-refractivity contribution in [1.29, 1.82) is 0 Å². The zero-order valence-electron chi connectivity index (χ0n) is 7.57. The number of nitrogens with zero attached hydrogens (tertiary/aromatic N) is 2. The summed E-state index contributed by atoms with van der Waals surface area (Å²) in [4.78, 5) is 13.4. The Morgan fingerprint density at radius 1 is 1.27 bits per heavy atom. The highest BCUT2D eigenvalue weighted by molar-refractivity contribution is 9.10. The molecule has 76 valence electrons. The van der Waals surface area contributed by atoms with Gasteiger partial charge in [-0.2, -0.15) is 0 Å². The first kappa shape index (κ1) is 9.85. The van der Waals surface area contributed by atoms with Crippen molar-refractivity contribution in [3.05, 3.63) is 45.3 Å². The van der Waals surface area contributed by atoms with Crippen LogP contribution in [0.2, 0.25) is 0 Å². The van der Waals surface area contributed by atoms with E-state index in [9.17, 15) is 4.79 Å². The maximum Gasteiger partial charge on any atom is 0.271 e. The lowest BCUT2D eigenvalue weighted by molar-refractivity contribution is 0.953. The third-order valence-electron chi connectivity index (χ3n) is 1.68. The molecule has 1 heterocycles. The van der Waals surface area contributed by atoms with Crippen LogP contribution in [-0.2, 0) is 0 Å². The lowest BCUT2D eigenvalue weighted by atomic mass is 10.3. The molecule has 0 unspecified atom stereocenters. The van der Waals surface area contributed by atoms with Crippen LogP contribution in [0.3, 0.4) is 0 Å². The fourth-order valence-corrected chi connectivity index (χ4v) is 1.30. The van der Waals surface area contributed by atoms with Crippen LogP contribution in [0.5, 0.6) is 0 Å². The summed E-state index contributed by atoms with van der Waals surface area (Å²) in [6, 6.07) is 7.49. The summed E-state index contributed by atoms with van der Waals surface area (Å²) in [5, 5.41) is 10.2. The van der Waals surface area contributed by atoms with E-state index in [1.54, 1.807) is 0 Å². The summed E-state index contributed by atoms with van der Waals surface area (Å²) < 4.78 is 0.987. The Balaban J connectivity index is 2.22. The van der Waals surface area contributed by atoms with Crippen LogP contribution in [0.15, 0.2) is 39.7 Å². The zero-order chi connectivity index (χ0) is 10.7. The highest BCUT2D eigenvalue weighted by Crippen LogP contribution is 2.15. The number of halogens is 1. The second-order valence-corrected chi connectivity index (χ2v) is 3.73. The summed E-state index contributed by atoms with van der Waals surface area (Å²) in [5.41, 5.74) is 0.541. The first-order valence-electron chi connectivity index (χ1n) is 4.18. The number of nitrogens with one attached hydrogen (secondary N) is 2. The third-order valence-corrected chi connectivity index (χ3v) is 2.21. The SMILES string of the molecule is O=c1cnnc(Nc2ccc(Br)cc2)[nH]1. The second-order valence-electron chi connectivity index (χ2n) is 2.81. The van der Waals surface area contributed by atoms with Crippen molar-refractivity contribution in [1.82, 2.24) is 15.2 Å². The molecule has 0 amide bonds. The van der Waals surface area contributed by atoms with E-state index in [1.807, 2.05) is 24.3 Å². The van der Waals surface area contributed by atoms with Crippen LogP contribution in [-0.4, -0.2) is 15.2 Å². The molecule has 0 saturated heterocycles. The van der Waals surface area contributed by atoms with Crippen LogP contribution in [0, 0.1) is 0 Å². The van der Waals surface area contributed by atoms with E-state index >= 15 is 0 Å². The number of anilines is 2. The van der Waals surface area contributed by atoms with Gasteiger partial charge in [-0.25, -0.2) is 0 Å². The highest BCUT2D eigenvalue weighted by Gasteiger charge is 1.96. The van der Waals surface area contributed by atoms with Crippen LogP contribution >= 0.6 is 15.9 Å². The molecular formula is C9H7BrN4O. The summed E-state index contributed by atoms with van der Waals surface area (Å²) in [7, 11) is 0.